The minimum Gasteiger partial charge on any atom is -0.399 e. The van der Waals surface area contributed by atoms with E-state index in [0.29, 0.717) is 11.6 Å². The Morgan fingerprint density at radius 3 is 2.95 bits per heavy atom. The third-order valence-corrected chi connectivity index (χ3v) is 4.24. The van der Waals surface area contributed by atoms with Crippen LogP contribution in [0.3, 0.4) is 0 Å². The fourth-order valence-electron chi connectivity index (χ4n) is 3.12. The number of aryl methyl sites for hydroxylation is 1. The summed E-state index contributed by atoms with van der Waals surface area (Å²) in [7, 11) is 2.16. The van der Waals surface area contributed by atoms with Gasteiger partial charge in [-0.25, -0.2) is 0 Å². The zero-order valence-electron chi connectivity index (χ0n) is 13.4. The number of likely N-dealkylation sites (tertiary alicyclic amines) is 1. The van der Waals surface area contributed by atoms with Crippen molar-refractivity contribution in [3.63, 3.8) is 0 Å². The summed E-state index contributed by atoms with van der Waals surface area (Å²) in [6.07, 6.45) is 2.27. The SMILES string of the molecule is CCCN(C)CC1CCN(C(=O)c2cc(N)ccc2C)C1. The molecule has 4 nitrogen and oxygen atoms in total. The highest BCUT2D eigenvalue weighted by Gasteiger charge is 2.28. The lowest BCUT2D eigenvalue weighted by molar-refractivity contribution is 0.0783. The van der Waals surface area contributed by atoms with Crippen LogP contribution in [0.2, 0.25) is 0 Å². The quantitative estimate of drug-likeness (QED) is 0.847. The molecule has 0 bridgehead atoms. The number of nitrogen functional groups attached to an aromatic ring is 1. The zero-order valence-corrected chi connectivity index (χ0v) is 13.4. The predicted molar refractivity (Wildman–Crippen MR) is 87.4 cm³/mol. The molecule has 1 unspecified atom stereocenters. The normalized spacial score (nSPS) is 18.5. The lowest BCUT2D eigenvalue weighted by Gasteiger charge is -2.21. The zero-order chi connectivity index (χ0) is 15.4. The molecule has 1 aromatic rings. The maximum atomic E-state index is 12.6. The first-order valence-electron chi connectivity index (χ1n) is 7.85. The second-order valence-electron chi connectivity index (χ2n) is 6.24. The number of hydrogen-bond acceptors (Lipinski definition) is 3. The molecule has 1 aromatic carbocycles. The summed E-state index contributed by atoms with van der Waals surface area (Å²) in [6.45, 7) is 8.09. The molecule has 1 aliphatic heterocycles. The van der Waals surface area contributed by atoms with Crippen LogP contribution in [-0.2, 0) is 0 Å². The molecule has 4 heteroatoms. The van der Waals surface area contributed by atoms with Gasteiger partial charge in [0.15, 0.2) is 0 Å². The number of rotatable bonds is 5. The molecule has 2 N–H and O–H groups in total. The summed E-state index contributed by atoms with van der Waals surface area (Å²) in [5.74, 6) is 0.715. The van der Waals surface area contributed by atoms with Gasteiger partial charge in [-0.1, -0.05) is 13.0 Å². The first-order chi connectivity index (χ1) is 10.0. The van der Waals surface area contributed by atoms with Gasteiger partial charge in [0.1, 0.15) is 0 Å². The highest BCUT2D eigenvalue weighted by atomic mass is 16.2. The van der Waals surface area contributed by atoms with Crippen molar-refractivity contribution in [2.45, 2.75) is 26.7 Å². The number of benzene rings is 1. The van der Waals surface area contributed by atoms with Crippen LogP contribution < -0.4 is 5.73 Å². The summed E-state index contributed by atoms with van der Waals surface area (Å²) in [5.41, 5.74) is 8.22. The van der Waals surface area contributed by atoms with Crippen LogP contribution in [-0.4, -0.2) is 48.9 Å². The van der Waals surface area contributed by atoms with E-state index in [1.807, 2.05) is 24.0 Å². The molecular weight excluding hydrogens is 262 g/mol. The summed E-state index contributed by atoms with van der Waals surface area (Å²) >= 11 is 0. The van der Waals surface area contributed by atoms with E-state index in [9.17, 15) is 4.79 Å². The van der Waals surface area contributed by atoms with Gasteiger partial charge in [0.2, 0.25) is 0 Å². The number of carbonyl (C=O) groups is 1. The van der Waals surface area contributed by atoms with Crippen LogP contribution in [0.4, 0.5) is 5.69 Å². The second kappa shape index (κ2) is 6.94. The van der Waals surface area contributed by atoms with Gasteiger partial charge >= 0.3 is 0 Å². The highest BCUT2D eigenvalue weighted by molar-refractivity contribution is 5.96. The number of nitrogens with zero attached hydrogens (tertiary/aromatic N) is 2. The summed E-state index contributed by atoms with van der Waals surface area (Å²) in [6, 6.07) is 5.57. The minimum atomic E-state index is 0.125. The van der Waals surface area contributed by atoms with Crippen molar-refractivity contribution < 1.29 is 4.79 Å². The van der Waals surface area contributed by atoms with Gasteiger partial charge in [-0.2, -0.15) is 0 Å². The van der Waals surface area contributed by atoms with Gasteiger partial charge in [0, 0.05) is 30.9 Å². The third-order valence-electron chi connectivity index (χ3n) is 4.24. The Balaban J connectivity index is 1.97. The lowest BCUT2D eigenvalue weighted by atomic mass is 10.1. The predicted octanol–water partition coefficient (Wildman–Crippen LogP) is 2.38. The number of anilines is 1. The van der Waals surface area contributed by atoms with E-state index in [-0.39, 0.29) is 5.91 Å². The minimum absolute atomic E-state index is 0.125. The van der Waals surface area contributed by atoms with Crippen molar-refractivity contribution in [1.29, 1.82) is 0 Å². The van der Waals surface area contributed by atoms with Crippen LogP contribution in [0.5, 0.6) is 0 Å². The summed E-state index contributed by atoms with van der Waals surface area (Å²) < 4.78 is 0. The molecular formula is C17H27N3O. The van der Waals surface area contributed by atoms with Gasteiger partial charge in [-0.15, -0.1) is 0 Å². The molecule has 1 heterocycles. The first-order valence-corrected chi connectivity index (χ1v) is 7.85. The molecule has 0 aromatic heterocycles. The van der Waals surface area contributed by atoms with Crippen molar-refractivity contribution in [3.05, 3.63) is 29.3 Å². The monoisotopic (exact) mass is 289 g/mol. The maximum Gasteiger partial charge on any atom is 0.254 e. The molecule has 1 saturated heterocycles. The second-order valence-corrected chi connectivity index (χ2v) is 6.24. The van der Waals surface area contributed by atoms with Crippen LogP contribution >= 0.6 is 0 Å². The van der Waals surface area contributed by atoms with Gasteiger partial charge in [0.25, 0.3) is 5.91 Å². The van der Waals surface area contributed by atoms with Crippen LogP contribution in [0.15, 0.2) is 18.2 Å². The van der Waals surface area contributed by atoms with E-state index in [1.54, 1.807) is 6.07 Å². The molecule has 21 heavy (non-hydrogen) atoms. The third kappa shape index (κ3) is 3.97. The van der Waals surface area contributed by atoms with Gasteiger partial charge in [-0.05, 0) is 57.0 Å². The van der Waals surface area contributed by atoms with Crippen LogP contribution in [0, 0.1) is 12.8 Å². The van der Waals surface area contributed by atoms with E-state index in [0.717, 1.165) is 43.7 Å². The smallest absolute Gasteiger partial charge is 0.254 e. The first kappa shape index (κ1) is 15.8. The Bertz CT molecular complexity index is 501. The van der Waals surface area contributed by atoms with E-state index in [4.69, 9.17) is 5.73 Å². The van der Waals surface area contributed by atoms with Crippen molar-refractivity contribution >= 4 is 11.6 Å². The van der Waals surface area contributed by atoms with E-state index in [1.165, 1.54) is 6.42 Å². The number of amides is 1. The lowest BCUT2D eigenvalue weighted by Crippen LogP contribution is -2.32. The Kier molecular flexibility index (Phi) is 5.23. The topological polar surface area (TPSA) is 49.6 Å². The summed E-state index contributed by atoms with van der Waals surface area (Å²) in [4.78, 5) is 17.0. The Hall–Kier alpha value is -1.55. The van der Waals surface area contributed by atoms with Crippen LogP contribution in [0.1, 0.15) is 35.7 Å². The largest absolute Gasteiger partial charge is 0.399 e. The standard InChI is InChI=1S/C17H27N3O/c1-4-8-19(3)11-14-7-9-20(12-14)17(21)16-10-15(18)6-5-13(16)2/h5-6,10,14H,4,7-9,11-12,18H2,1-3H3. The van der Waals surface area contributed by atoms with Gasteiger partial charge in [0.05, 0.1) is 0 Å². The number of carbonyl (C=O) groups excluding carboxylic acids is 1. The fourth-order valence-corrected chi connectivity index (χ4v) is 3.12. The average molecular weight is 289 g/mol. The van der Waals surface area contributed by atoms with E-state index < -0.39 is 0 Å². The average Bonchev–Trinajstić information content (AvgIpc) is 2.89. The molecule has 116 valence electrons. The molecule has 2 rings (SSSR count). The summed E-state index contributed by atoms with van der Waals surface area (Å²) in [5, 5.41) is 0. The van der Waals surface area contributed by atoms with Crippen molar-refractivity contribution in [3.8, 4) is 0 Å². The fraction of sp³-hybridized carbons (Fsp3) is 0.588. The Labute approximate surface area is 127 Å². The van der Waals surface area contributed by atoms with Crippen molar-refractivity contribution in [1.82, 2.24) is 9.80 Å². The van der Waals surface area contributed by atoms with E-state index >= 15 is 0 Å². The molecule has 0 aliphatic carbocycles. The molecule has 0 radical (unpaired) electrons. The van der Waals surface area contributed by atoms with E-state index in [2.05, 4.69) is 18.9 Å². The van der Waals surface area contributed by atoms with Crippen molar-refractivity contribution in [2.24, 2.45) is 5.92 Å². The molecule has 1 amide bonds. The van der Waals surface area contributed by atoms with Crippen LogP contribution in [0.25, 0.3) is 0 Å². The van der Waals surface area contributed by atoms with Gasteiger partial charge in [-0.3, -0.25) is 4.79 Å². The molecule has 0 spiro atoms. The molecule has 1 aliphatic rings. The number of hydrogen-bond donors (Lipinski definition) is 1. The molecule has 1 atom stereocenters. The maximum absolute atomic E-state index is 12.6. The molecule has 1 fully saturated rings. The molecule has 0 saturated carbocycles. The Morgan fingerprint density at radius 2 is 2.24 bits per heavy atom. The highest BCUT2D eigenvalue weighted by Crippen LogP contribution is 2.22. The van der Waals surface area contributed by atoms with Gasteiger partial charge < -0.3 is 15.5 Å². The Morgan fingerprint density at radius 1 is 1.48 bits per heavy atom. The van der Waals surface area contributed by atoms with Crippen molar-refractivity contribution in [2.75, 3.05) is 39.0 Å². The number of nitrogens with two attached hydrogens (primary N) is 1.